The van der Waals surface area contributed by atoms with E-state index in [-0.39, 0.29) is 29.8 Å². The van der Waals surface area contributed by atoms with Gasteiger partial charge in [-0.15, -0.1) is 24.0 Å². The van der Waals surface area contributed by atoms with Gasteiger partial charge in [0.2, 0.25) is 10.0 Å². The van der Waals surface area contributed by atoms with Gasteiger partial charge in [0.25, 0.3) is 0 Å². The Morgan fingerprint density at radius 3 is 2.56 bits per heavy atom. The number of guanidine groups is 1. The molecule has 25 heavy (non-hydrogen) atoms. The number of nitrogens with one attached hydrogen (secondary N) is 3. The fourth-order valence-corrected chi connectivity index (χ4v) is 2.64. The maximum absolute atomic E-state index is 13.1. The van der Waals surface area contributed by atoms with Gasteiger partial charge in [-0.1, -0.05) is 6.07 Å². The lowest BCUT2D eigenvalue weighted by atomic mass is 10.1. The van der Waals surface area contributed by atoms with Gasteiger partial charge < -0.3 is 10.6 Å². The van der Waals surface area contributed by atoms with Gasteiger partial charge in [-0.05, 0) is 49.9 Å². The summed E-state index contributed by atoms with van der Waals surface area (Å²) in [5, 5.41) is 6.36. The summed E-state index contributed by atoms with van der Waals surface area (Å²) in [7, 11) is -3.14. The number of benzene rings is 1. The Morgan fingerprint density at radius 2 is 1.96 bits per heavy atom. The van der Waals surface area contributed by atoms with Crippen LogP contribution in [-0.2, 0) is 16.4 Å². The van der Waals surface area contributed by atoms with Crippen LogP contribution in [0.25, 0.3) is 0 Å². The average molecular weight is 486 g/mol. The van der Waals surface area contributed by atoms with Gasteiger partial charge >= 0.3 is 0 Å². The molecular weight excluding hydrogens is 458 g/mol. The van der Waals surface area contributed by atoms with Crippen LogP contribution in [0.2, 0.25) is 0 Å². The van der Waals surface area contributed by atoms with E-state index in [9.17, 15) is 12.8 Å². The highest BCUT2D eigenvalue weighted by Gasteiger charge is 2.02. The summed E-state index contributed by atoms with van der Waals surface area (Å²) >= 11 is 0. The molecule has 144 valence electrons. The van der Waals surface area contributed by atoms with Crippen molar-refractivity contribution in [2.45, 2.75) is 26.7 Å². The van der Waals surface area contributed by atoms with E-state index in [1.807, 2.05) is 13.8 Å². The zero-order valence-corrected chi connectivity index (χ0v) is 18.1. The van der Waals surface area contributed by atoms with Crippen LogP contribution in [0.5, 0.6) is 0 Å². The van der Waals surface area contributed by atoms with Crippen LogP contribution in [0.3, 0.4) is 0 Å². The van der Waals surface area contributed by atoms with Crippen LogP contribution < -0.4 is 15.4 Å². The van der Waals surface area contributed by atoms with Gasteiger partial charge in [0.05, 0.1) is 6.26 Å². The molecule has 0 unspecified atom stereocenters. The first-order chi connectivity index (χ1) is 11.3. The van der Waals surface area contributed by atoms with Crippen LogP contribution in [-0.4, -0.2) is 46.8 Å². The topological polar surface area (TPSA) is 82.6 Å². The molecular formula is C16H28FIN4O2S. The molecule has 0 aliphatic rings. The Labute approximate surface area is 167 Å². The number of rotatable bonds is 9. The van der Waals surface area contributed by atoms with Crippen molar-refractivity contribution in [2.75, 3.05) is 32.4 Å². The summed E-state index contributed by atoms with van der Waals surface area (Å²) in [6.07, 6.45) is 2.53. The van der Waals surface area contributed by atoms with Crippen molar-refractivity contribution in [1.82, 2.24) is 15.4 Å². The minimum Gasteiger partial charge on any atom is -0.357 e. The maximum atomic E-state index is 13.1. The second-order valence-electron chi connectivity index (χ2n) is 5.53. The molecule has 1 aromatic rings. The first kappa shape index (κ1) is 24.1. The number of aliphatic imine (C=N–C) groups is 1. The second kappa shape index (κ2) is 12.4. The largest absolute Gasteiger partial charge is 0.357 e. The van der Waals surface area contributed by atoms with E-state index in [0.717, 1.165) is 30.3 Å². The fourth-order valence-electron chi connectivity index (χ4n) is 2.12. The minimum atomic E-state index is -3.14. The van der Waals surface area contributed by atoms with Crippen molar-refractivity contribution in [2.24, 2.45) is 4.99 Å². The number of nitrogens with zero attached hydrogens (tertiary/aromatic N) is 1. The van der Waals surface area contributed by atoms with Gasteiger partial charge in [0.15, 0.2) is 5.96 Å². The van der Waals surface area contributed by atoms with E-state index in [0.29, 0.717) is 32.0 Å². The highest BCUT2D eigenvalue weighted by atomic mass is 127. The van der Waals surface area contributed by atoms with Crippen LogP contribution >= 0.6 is 24.0 Å². The summed E-state index contributed by atoms with van der Waals surface area (Å²) in [4.78, 5) is 4.40. The Balaban J connectivity index is 0.00000576. The highest BCUT2D eigenvalue weighted by Crippen LogP contribution is 2.10. The van der Waals surface area contributed by atoms with Crippen LogP contribution in [0.4, 0.5) is 4.39 Å². The molecule has 1 rings (SSSR count). The molecule has 0 heterocycles. The molecule has 0 atom stereocenters. The molecule has 0 saturated carbocycles. The minimum absolute atomic E-state index is 0. The lowest BCUT2D eigenvalue weighted by Crippen LogP contribution is -2.38. The van der Waals surface area contributed by atoms with Gasteiger partial charge in [-0.25, -0.2) is 17.5 Å². The predicted molar refractivity (Wildman–Crippen MR) is 112 cm³/mol. The molecule has 1 aromatic carbocycles. The Kier molecular flexibility index (Phi) is 12.0. The molecule has 0 saturated heterocycles. The molecule has 6 nitrogen and oxygen atoms in total. The number of hydrogen-bond donors (Lipinski definition) is 3. The summed E-state index contributed by atoms with van der Waals surface area (Å²) in [5.41, 5.74) is 2.03. The molecule has 0 aliphatic carbocycles. The summed E-state index contributed by atoms with van der Waals surface area (Å²) in [5.74, 6) is 0.471. The number of hydrogen-bond acceptors (Lipinski definition) is 3. The fraction of sp³-hybridized carbons (Fsp3) is 0.562. The lowest BCUT2D eigenvalue weighted by Gasteiger charge is -2.12. The standard InChI is InChI=1S/C16H27FN4O2S.HI/c1-4-18-16(19-9-5-10-21-24(3,22)23)20-11-8-14-6-7-15(17)12-13(14)2;/h6-7,12,21H,4-5,8-11H2,1-3H3,(H2,18,19,20);1H. The molecule has 0 fully saturated rings. The molecule has 9 heteroatoms. The Morgan fingerprint density at radius 1 is 1.24 bits per heavy atom. The Hall–Kier alpha value is -0.940. The third-order valence-electron chi connectivity index (χ3n) is 3.30. The third-order valence-corrected chi connectivity index (χ3v) is 4.03. The summed E-state index contributed by atoms with van der Waals surface area (Å²) in [6, 6.07) is 4.80. The summed E-state index contributed by atoms with van der Waals surface area (Å²) < 4.78 is 37.4. The van der Waals surface area contributed by atoms with Gasteiger partial charge in [-0.3, -0.25) is 4.99 Å². The van der Waals surface area contributed by atoms with Crippen LogP contribution in [0.15, 0.2) is 23.2 Å². The van der Waals surface area contributed by atoms with E-state index in [1.54, 1.807) is 6.07 Å². The van der Waals surface area contributed by atoms with Crippen molar-refractivity contribution in [1.29, 1.82) is 0 Å². The number of sulfonamides is 1. The number of halogens is 2. The lowest BCUT2D eigenvalue weighted by molar-refractivity contribution is 0.585. The molecule has 0 aromatic heterocycles. The predicted octanol–water partition coefficient (Wildman–Crippen LogP) is 1.79. The van der Waals surface area contributed by atoms with Crippen molar-refractivity contribution in [3.8, 4) is 0 Å². The zero-order chi connectivity index (χ0) is 18.0. The molecule has 3 N–H and O–H groups in total. The zero-order valence-electron chi connectivity index (χ0n) is 14.9. The molecule has 0 bridgehead atoms. The van der Waals surface area contributed by atoms with Gasteiger partial charge in [0.1, 0.15) is 5.82 Å². The second-order valence-corrected chi connectivity index (χ2v) is 7.36. The van der Waals surface area contributed by atoms with E-state index in [4.69, 9.17) is 0 Å². The first-order valence-electron chi connectivity index (χ1n) is 8.03. The van der Waals surface area contributed by atoms with Crippen molar-refractivity contribution < 1.29 is 12.8 Å². The quantitative estimate of drug-likeness (QED) is 0.215. The van der Waals surface area contributed by atoms with E-state index in [1.165, 1.54) is 12.1 Å². The summed E-state index contributed by atoms with van der Waals surface area (Å²) in [6.45, 7) is 6.19. The number of aryl methyl sites for hydroxylation is 1. The van der Waals surface area contributed by atoms with E-state index < -0.39 is 10.0 Å². The molecule has 0 amide bonds. The maximum Gasteiger partial charge on any atom is 0.208 e. The highest BCUT2D eigenvalue weighted by molar-refractivity contribution is 14.0. The van der Waals surface area contributed by atoms with Crippen LogP contribution in [0.1, 0.15) is 24.5 Å². The smallest absolute Gasteiger partial charge is 0.208 e. The molecule has 0 spiro atoms. The monoisotopic (exact) mass is 486 g/mol. The normalized spacial score (nSPS) is 11.8. The van der Waals surface area contributed by atoms with Gasteiger partial charge in [0, 0.05) is 26.2 Å². The third kappa shape index (κ3) is 11.3. The van der Waals surface area contributed by atoms with E-state index >= 15 is 0 Å². The average Bonchev–Trinajstić information content (AvgIpc) is 2.48. The molecule has 0 radical (unpaired) electrons. The Bertz CT molecular complexity index is 654. The van der Waals surface area contributed by atoms with Gasteiger partial charge in [-0.2, -0.15) is 0 Å². The van der Waals surface area contributed by atoms with Crippen molar-refractivity contribution >= 4 is 40.0 Å². The van der Waals surface area contributed by atoms with Crippen molar-refractivity contribution in [3.63, 3.8) is 0 Å². The first-order valence-corrected chi connectivity index (χ1v) is 9.93. The van der Waals surface area contributed by atoms with E-state index in [2.05, 4.69) is 20.3 Å². The SMILES string of the molecule is CCNC(=NCCCNS(C)(=O)=O)NCCc1ccc(F)cc1C.I. The van der Waals surface area contributed by atoms with Crippen LogP contribution in [0, 0.1) is 12.7 Å². The molecule has 0 aliphatic heterocycles. The van der Waals surface area contributed by atoms with Crippen molar-refractivity contribution in [3.05, 3.63) is 35.1 Å².